The van der Waals surface area contributed by atoms with Gasteiger partial charge in [-0.05, 0) is 0 Å². The summed E-state index contributed by atoms with van der Waals surface area (Å²) in [6.45, 7) is -9.81. The molecule has 63 nitrogen and oxygen atoms in total. The van der Waals surface area contributed by atoms with Crippen LogP contribution in [0.1, 0.15) is 0 Å². The second-order valence-electron chi connectivity index (χ2n) is 18.0. The summed E-state index contributed by atoms with van der Waals surface area (Å²) >= 11 is 0. The van der Waals surface area contributed by atoms with Crippen molar-refractivity contribution >= 4 is 146 Å². The molecule has 4 rings (SSSR count). The van der Waals surface area contributed by atoms with Crippen LogP contribution in [0.25, 0.3) is 0 Å². The Morgan fingerprint density at radius 1 is 0.188 bits per heavy atom. The highest BCUT2D eigenvalue weighted by atomic mass is 32.3. The number of hydrogen-bond donors (Lipinski definition) is 0. The van der Waals surface area contributed by atoms with Crippen LogP contribution in [0.5, 0.6) is 0 Å². The minimum Gasteiger partial charge on any atom is -0.726 e. The Morgan fingerprint density at radius 3 is 0.584 bits per heavy atom. The highest BCUT2D eigenvalue weighted by molar-refractivity contribution is 7.83. The molecule has 0 aromatic rings. The van der Waals surface area contributed by atoms with Gasteiger partial charge < -0.3 is 96.9 Å². The topological polar surface area (TPSA) is 995 Å². The van der Waals surface area contributed by atoms with Crippen molar-refractivity contribution in [2.24, 2.45) is 0 Å². The SMILES string of the molecule is O=S(=O)([O-])OC[C@@H]1O[C@@H](O[C@H]2O[C@@H](COS(=O)(=O)[O-])[C@@H](O[C@@H]3O[C@@H](CO[C@H]4O[C@@H](COS(=O)(=O)[O-])[C@@H](OS(=O)(=O)[O-])[C@H](OS(=O)(=O)[O-])[C@@H]4OS(=O)(=O)[O-])[C@@H](OS(=O)(=O)[O-])[C@H](OS(=O)(=O)[O-])[C@@H]3OS(=O)(=O)[O-])[C@H](OS(=O)(=O)[O-])[C@@H]2OS(=O)(=O)[O-])[C@@H](OS(=O)(=O)[O-])[C@@H](OS(=O)(=O)[O-])[C@H]1OS(=O)(=O)[O-]. The lowest BCUT2D eigenvalue weighted by Gasteiger charge is -2.51. The molecule has 0 amide bonds. The van der Waals surface area contributed by atoms with Crippen molar-refractivity contribution in [2.45, 2.75) is 123 Å². The van der Waals surface area contributed by atoms with Gasteiger partial charge in [-0.15, -0.1) is 0 Å². The van der Waals surface area contributed by atoms with E-state index in [2.05, 4.69) is 58.6 Å². The van der Waals surface area contributed by atoms with Crippen molar-refractivity contribution in [1.29, 1.82) is 0 Å². The first-order valence-electron chi connectivity index (χ1n) is 23.1. The molecular weight excluding hydrogens is 1750 g/mol. The fourth-order valence-corrected chi connectivity index (χ4v) is 14.6. The van der Waals surface area contributed by atoms with Crippen LogP contribution in [-0.2, 0) is 237 Å². The molecule has 4 aliphatic rings. The number of hydrogen-bond acceptors (Lipinski definition) is 63. The molecule has 4 saturated heterocycles. The minimum atomic E-state index is -7.16. The highest BCUT2D eigenvalue weighted by Gasteiger charge is 2.61. The summed E-state index contributed by atoms with van der Waals surface area (Å²) in [4.78, 5) is 0. The van der Waals surface area contributed by atoms with Crippen molar-refractivity contribution in [3.63, 3.8) is 0 Å². The molecule has 0 N–H and O–H groups in total. The maximum atomic E-state index is 12.6. The quantitative estimate of drug-likeness (QED) is 0.0409. The molecule has 101 heavy (non-hydrogen) atoms. The fourth-order valence-electron chi connectivity index (χ4n) is 8.30. The van der Waals surface area contributed by atoms with E-state index in [1.807, 2.05) is 0 Å². The summed E-state index contributed by atoms with van der Waals surface area (Å²) in [6.07, 6.45) is -76.8. The Hall–Kier alpha value is -2.10. The Morgan fingerprint density at radius 2 is 0.356 bits per heavy atom. The van der Waals surface area contributed by atoms with Gasteiger partial charge in [-0.2, -0.15) is 0 Å². The number of ether oxygens (including phenoxy) is 7. The summed E-state index contributed by atoms with van der Waals surface area (Å²) in [7, 11) is -95.0. The fraction of sp³-hybridized carbons (Fsp3) is 1.00. The smallest absolute Gasteiger partial charge is 0.218 e. The van der Waals surface area contributed by atoms with Crippen molar-refractivity contribution in [2.75, 3.05) is 26.4 Å². The predicted octanol–water partition coefficient (Wildman–Crippen LogP) is -17.0. The van der Waals surface area contributed by atoms with E-state index in [1.165, 1.54) is 0 Å². The molecular formula is C24H28O63S14-14. The van der Waals surface area contributed by atoms with Crippen molar-refractivity contribution in [1.82, 2.24) is 0 Å². The molecule has 0 aromatic heterocycles. The molecule has 77 heteroatoms. The molecule has 20 atom stereocenters. The van der Waals surface area contributed by atoms with E-state index in [1.54, 1.807) is 0 Å². The van der Waals surface area contributed by atoms with Crippen LogP contribution >= 0.6 is 0 Å². The lowest BCUT2D eigenvalue weighted by molar-refractivity contribution is -0.383. The molecule has 4 fully saturated rings. The molecule has 0 spiro atoms. The third-order valence-corrected chi connectivity index (χ3v) is 17.3. The molecule has 0 saturated carbocycles. The first-order valence-corrected chi connectivity index (χ1v) is 41.8. The van der Waals surface area contributed by atoms with Gasteiger partial charge in [0.2, 0.25) is 146 Å². The zero-order valence-electron chi connectivity index (χ0n) is 45.8. The summed E-state index contributed by atoms with van der Waals surface area (Å²) in [5, 5.41) is 0. The molecule has 4 heterocycles. The number of rotatable bonds is 38. The Balaban J connectivity index is 2.16. The average Bonchev–Trinajstić information content (AvgIpc) is 0.762. The molecule has 0 aromatic carbocycles. The first-order chi connectivity index (χ1) is 44.7. The summed E-state index contributed by atoms with van der Waals surface area (Å²) in [6, 6.07) is 0. The van der Waals surface area contributed by atoms with E-state index >= 15 is 0 Å². The van der Waals surface area contributed by atoms with Gasteiger partial charge >= 0.3 is 0 Å². The summed E-state index contributed by atoms with van der Waals surface area (Å²) in [5.74, 6) is 0. The van der Waals surface area contributed by atoms with Crippen molar-refractivity contribution in [3.8, 4) is 0 Å². The van der Waals surface area contributed by atoms with Crippen LogP contribution < -0.4 is 0 Å². The van der Waals surface area contributed by atoms with Crippen LogP contribution in [0.15, 0.2) is 0 Å². The maximum Gasteiger partial charge on any atom is 0.218 e. The zero-order valence-corrected chi connectivity index (χ0v) is 57.2. The second kappa shape index (κ2) is 33.0. The van der Waals surface area contributed by atoms with E-state index < -0.39 is 295 Å². The Labute approximate surface area is 564 Å². The van der Waals surface area contributed by atoms with Gasteiger partial charge in [0.05, 0.1) is 26.4 Å². The summed E-state index contributed by atoms with van der Waals surface area (Å²) in [5.41, 5.74) is 0. The van der Waals surface area contributed by atoms with Gasteiger partial charge in [0, 0.05) is 0 Å². The minimum absolute atomic E-state index is 2.29. The van der Waals surface area contributed by atoms with Gasteiger partial charge in [0.25, 0.3) is 0 Å². The molecule has 0 aliphatic carbocycles. The standard InChI is InChI=1S/C24H42O63S14/c25-88(26,27)68-2-6-9(13(80-94(43,44)45)18(85-99(58,59)60)23(73-6)76-24-20(87-101(64,65)66)16(83-97(52,53)54)12(79-93(40,41)42)8(74-24)4-70-90(31,32)33)75-22-19(86-100(61,62)63)15(82-96(49,50)51)10(77-91(34,35)36)5(72-22)1-67-21-17(84-98(55,56)57)14(81-95(46,47)48)11(78-92(37,38)39)7(71-21)3-69-89(28,29)30/h5-24H,1-4H2,(H,25,26,27)(H,28,29,30)(H,31,32,33)(H,34,35,36)(H,37,38,39)(H,40,41,42)(H,43,44,45)(H,46,47,48)(H,49,50,51)(H,52,53,54)(H,55,56,57)(H,58,59,60)(H,61,62,63)(H,64,65,66)/p-14/t5-,6-,7-,8-,9+,10+,11+,12-,13-,14-,15-,16-,17-,18-,19-,20-,21-,22-,23+,24-/m0/s1. The van der Waals surface area contributed by atoms with Crippen LogP contribution in [0.2, 0.25) is 0 Å². The Kier molecular flexibility index (Phi) is 29.8. The van der Waals surface area contributed by atoms with Gasteiger partial charge in [-0.1, -0.05) is 0 Å². The van der Waals surface area contributed by atoms with Gasteiger partial charge in [0.1, 0.15) is 73.2 Å². The first kappa shape index (κ1) is 91.3. The van der Waals surface area contributed by atoms with Gasteiger partial charge in [0.15, 0.2) is 49.6 Å². The largest absolute Gasteiger partial charge is 0.726 e. The molecule has 0 radical (unpaired) electrons. The van der Waals surface area contributed by atoms with Crippen LogP contribution in [0.3, 0.4) is 0 Å². The van der Waals surface area contributed by atoms with E-state index in [9.17, 15) is 182 Å². The predicted molar refractivity (Wildman–Crippen MR) is 254 cm³/mol. The van der Waals surface area contributed by atoms with Crippen LogP contribution in [0.4, 0.5) is 0 Å². The van der Waals surface area contributed by atoms with Crippen LogP contribution in [-0.4, -0.2) is 331 Å². The average molecular weight is 1770 g/mol. The molecule has 600 valence electrons. The van der Waals surface area contributed by atoms with E-state index in [0.29, 0.717) is 0 Å². The van der Waals surface area contributed by atoms with E-state index in [0.717, 1.165) is 0 Å². The van der Waals surface area contributed by atoms with Gasteiger partial charge in [-0.25, -0.2) is 118 Å². The summed E-state index contributed by atoms with van der Waals surface area (Å²) < 4.78 is 595. The van der Waals surface area contributed by atoms with Crippen molar-refractivity contribution < 1.29 is 273 Å². The second-order valence-corrected chi connectivity index (χ2v) is 32.2. The Bertz CT molecular complexity index is 4610. The lowest BCUT2D eigenvalue weighted by Crippen LogP contribution is -2.69. The molecule has 0 bridgehead atoms. The van der Waals surface area contributed by atoms with Crippen molar-refractivity contribution in [3.05, 3.63) is 0 Å². The normalized spacial score (nSPS) is 32.5. The zero-order chi connectivity index (χ0) is 78.2. The monoisotopic (exact) mass is 1770 g/mol. The van der Waals surface area contributed by atoms with Gasteiger partial charge in [-0.3, -0.25) is 58.6 Å². The van der Waals surface area contributed by atoms with Crippen LogP contribution in [0, 0.1) is 0 Å². The molecule has 4 aliphatic heterocycles. The third-order valence-electron chi connectivity index (χ3n) is 11.0. The maximum absolute atomic E-state index is 12.6. The van der Waals surface area contributed by atoms with E-state index in [-0.39, 0.29) is 0 Å². The highest BCUT2D eigenvalue weighted by Crippen LogP contribution is 2.41. The molecule has 0 unspecified atom stereocenters. The van der Waals surface area contributed by atoms with E-state index in [4.69, 9.17) is 33.2 Å². The lowest BCUT2D eigenvalue weighted by atomic mass is 9.96. The third kappa shape index (κ3) is 33.5.